The van der Waals surface area contributed by atoms with E-state index in [0.717, 1.165) is 12.2 Å². The largest absolute Gasteiger partial charge is 0.462 e. The number of hydrogen-bond acceptors (Lipinski definition) is 2. The minimum atomic E-state index is -0.0717. The molecule has 1 saturated heterocycles. The minimum absolute atomic E-state index is 0.0671. The van der Waals surface area contributed by atoms with Crippen LogP contribution in [0.5, 0.6) is 0 Å². The number of hydrogen-bond donors (Lipinski definition) is 0. The van der Waals surface area contributed by atoms with Gasteiger partial charge in [0, 0.05) is 6.32 Å². The summed E-state index contributed by atoms with van der Waals surface area (Å²) in [5.74, 6) is 1.48. The van der Waals surface area contributed by atoms with Gasteiger partial charge in [0.1, 0.15) is 0 Å². The van der Waals surface area contributed by atoms with E-state index in [1.54, 1.807) is 0 Å². The van der Waals surface area contributed by atoms with Crippen molar-refractivity contribution >= 4 is 7.12 Å². The van der Waals surface area contributed by atoms with Crippen LogP contribution in [0.15, 0.2) is 30.3 Å². The monoisotopic (exact) mass is 270 g/mol. The molecule has 3 aliphatic carbocycles. The predicted molar refractivity (Wildman–Crippen MR) is 80.3 cm³/mol. The zero-order valence-corrected chi connectivity index (χ0v) is 12.6. The number of benzene rings is 1. The molecule has 1 aromatic carbocycles. The Kier molecular flexibility index (Phi) is 2.65. The lowest BCUT2D eigenvalue weighted by atomic mass is 9.43. The average Bonchev–Trinajstić information content (AvgIpc) is 2.74. The molecular formula is C17H23BO2. The smallest absolute Gasteiger partial charge is 0.405 e. The van der Waals surface area contributed by atoms with Gasteiger partial charge in [-0.25, -0.2) is 0 Å². The quantitative estimate of drug-likeness (QED) is 0.766. The molecule has 0 aromatic heterocycles. The molecule has 0 radical (unpaired) electrons. The molecule has 5 rings (SSSR count). The van der Waals surface area contributed by atoms with Crippen molar-refractivity contribution in [3.8, 4) is 0 Å². The highest BCUT2D eigenvalue weighted by Crippen LogP contribution is 2.65. The summed E-state index contributed by atoms with van der Waals surface area (Å²) in [6.07, 6.45) is 3.66. The van der Waals surface area contributed by atoms with Crippen molar-refractivity contribution in [3.63, 3.8) is 0 Å². The lowest BCUT2D eigenvalue weighted by Crippen LogP contribution is -2.65. The van der Waals surface area contributed by atoms with Crippen LogP contribution in [-0.4, -0.2) is 18.8 Å². The van der Waals surface area contributed by atoms with Gasteiger partial charge in [-0.2, -0.15) is 0 Å². The van der Waals surface area contributed by atoms with Crippen molar-refractivity contribution in [2.75, 3.05) is 0 Å². The molecule has 2 nitrogen and oxygen atoms in total. The van der Waals surface area contributed by atoms with E-state index in [1.807, 2.05) is 0 Å². The summed E-state index contributed by atoms with van der Waals surface area (Å²) in [6.45, 7) is 7.09. The van der Waals surface area contributed by atoms with Gasteiger partial charge in [-0.05, 0) is 37.0 Å². The van der Waals surface area contributed by atoms with E-state index < -0.39 is 0 Å². The predicted octanol–water partition coefficient (Wildman–Crippen LogP) is 3.50. The summed E-state index contributed by atoms with van der Waals surface area (Å²) in [5, 5.41) is 0. The molecule has 2 bridgehead atoms. The van der Waals surface area contributed by atoms with Gasteiger partial charge in [-0.3, -0.25) is 0 Å². The van der Waals surface area contributed by atoms with Crippen LogP contribution in [0.4, 0.5) is 0 Å². The first-order valence-corrected chi connectivity index (χ1v) is 7.87. The van der Waals surface area contributed by atoms with Gasteiger partial charge in [0.25, 0.3) is 0 Å². The van der Waals surface area contributed by atoms with E-state index in [4.69, 9.17) is 9.31 Å². The first kappa shape index (κ1) is 12.9. The lowest BCUT2D eigenvalue weighted by Gasteiger charge is -2.64. The van der Waals surface area contributed by atoms with E-state index in [9.17, 15) is 0 Å². The fourth-order valence-electron chi connectivity index (χ4n) is 4.84. The summed E-state index contributed by atoms with van der Waals surface area (Å²) in [4.78, 5) is 0. The molecule has 1 aromatic rings. The fraction of sp³-hybridized carbons (Fsp3) is 0.647. The van der Waals surface area contributed by atoms with Crippen LogP contribution in [0.3, 0.4) is 0 Å². The summed E-state index contributed by atoms with van der Waals surface area (Å²) >= 11 is 0. The van der Waals surface area contributed by atoms with E-state index in [0.29, 0.717) is 17.4 Å². The first-order chi connectivity index (χ1) is 9.50. The lowest BCUT2D eigenvalue weighted by molar-refractivity contribution is -0.199. The van der Waals surface area contributed by atoms with Crippen LogP contribution in [0.25, 0.3) is 0 Å². The van der Waals surface area contributed by atoms with Crippen molar-refractivity contribution in [3.05, 3.63) is 35.9 Å². The molecule has 0 amide bonds. The first-order valence-electron chi connectivity index (χ1n) is 7.87. The van der Waals surface area contributed by atoms with E-state index in [-0.39, 0.29) is 12.7 Å². The summed E-state index contributed by atoms with van der Waals surface area (Å²) in [7, 11) is -0.0671. The van der Waals surface area contributed by atoms with Gasteiger partial charge in [-0.1, -0.05) is 49.7 Å². The molecule has 4 fully saturated rings. The van der Waals surface area contributed by atoms with Crippen LogP contribution in [0.2, 0.25) is 0 Å². The van der Waals surface area contributed by atoms with Crippen molar-refractivity contribution in [2.24, 2.45) is 17.3 Å². The maximum Gasteiger partial charge on any atom is 0.462 e. The molecular weight excluding hydrogens is 247 g/mol. The molecule has 0 N–H and O–H groups in total. The van der Waals surface area contributed by atoms with E-state index in [2.05, 4.69) is 51.1 Å². The second-order valence-corrected chi connectivity index (χ2v) is 7.59. The second-order valence-electron chi connectivity index (χ2n) is 7.59. The summed E-state index contributed by atoms with van der Waals surface area (Å²) in [6, 6.07) is 10.5. The van der Waals surface area contributed by atoms with Gasteiger partial charge in [0.2, 0.25) is 0 Å². The van der Waals surface area contributed by atoms with Gasteiger partial charge in [-0.15, -0.1) is 0 Å². The molecule has 4 aliphatic rings. The van der Waals surface area contributed by atoms with Crippen molar-refractivity contribution in [2.45, 2.75) is 51.6 Å². The molecule has 4 atom stereocenters. The van der Waals surface area contributed by atoms with Gasteiger partial charge in [0.15, 0.2) is 0 Å². The molecule has 3 heteroatoms. The maximum atomic E-state index is 6.42. The van der Waals surface area contributed by atoms with Gasteiger partial charge < -0.3 is 9.31 Å². The van der Waals surface area contributed by atoms with E-state index >= 15 is 0 Å². The maximum absolute atomic E-state index is 6.42. The van der Waals surface area contributed by atoms with E-state index in [1.165, 1.54) is 18.4 Å². The highest BCUT2D eigenvalue weighted by atomic mass is 16.7. The Hall–Kier alpha value is -0.795. The zero-order valence-electron chi connectivity index (χ0n) is 12.6. The molecule has 20 heavy (non-hydrogen) atoms. The van der Waals surface area contributed by atoms with Crippen molar-refractivity contribution < 1.29 is 9.31 Å². The summed E-state index contributed by atoms with van der Waals surface area (Å²) < 4.78 is 12.7. The Morgan fingerprint density at radius 2 is 1.90 bits per heavy atom. The SMILES string of the molecule is CC1(C)C2CC3OB(Cc4ccccc4)O[C@@]3(C)C1C2. The van der Waals surface area contributed by atoms with Crippen LogP contribution in [0.1, 0.15) is 39.2 Å². The average molecular weight is 270 g/mol. The van der Waals surface area contributed by atoms with Crippen LogP contribution in [-0.2, 0) is 15.6 Å². The minimum Gasteiger partial charge on any atom is -0.405 e. The molecule has 106 valence electrons. The molecule has 1 aliphatic heterocycles. The van der Waals surface area contributed by atoms with Crippen LogP contribution < -0.4 is 0 Å². The fourth-order valence-corrected chi connectivity index (χ4v) is 4.84. The molecule has 0 spiro atoms. The zero-order chi connectivity index (χ0) is 14.0. The van der Waals surface area contributed by atoms with Crippen LogP contribution >= 0.6 is 0 Å². The normalized spacial score (nSPS) is 41.1. The topological polar surface area (TPSA) is 18.5 Å². The Bertz CT molecular complexity index is 515. The highest BCUT2D eigenvalue weighted by molar-refractivity contribution is 6.44. The Balaban J connectivity index is 1.53. The second kappa shape index (κ2) is 4.11. The van der Waals surface area contributed by atoms with Crippen molar-refractivity contribution in [1.29, 1.82) is 0 Å². The number of rotatable bonds is 2. The van der Waals surface area contributed by atoms with Gasteiger partial charge in [0.05, 0.1) is 11.7 Å². The van der Waals surface area contributed by atoms with Crippen LogP contribution in [0, 0.1) is 17.3 Å². The molecule has 3 saturated carbocycles. The molecule has 1 heterocycles. The Morgan fingerprint density at radius 3 is 2.60 bits per heavy atom. The van der Waals surface area contributed by atoms with Gasteiger partial charge >= 0.3 is 7.12 Å². The molecule has 3 unspecified atom stereocenters. The standard InChI is InChI=1S/C17H23BO2/c1-16(2)13-9-14(16)17(3)15(10-13)19-18(20-17)11-12-7-5-4-6-8-12/h4-8,13-15H,9-11H2,1-3H3/t13?,14?,15?,17-/m0/s1. The van der Waals surface area contributed by atoms with Crippen molar-refractivity contribution in [1.82, 2.24) is 0 Å². The Labute approximate surface area is 122 Å². The third kappa shape index (κ3) is 1.66. The highest BCUT2D eigenvalue weighted by Gasteiger charge is 2.67. The summed E-state index contributed by atoms with van der Waals surface area (Å²) in [5.41, 5.74) is 1.65. The third-order valence-electron chi connectivity index (χ3n) is 6.25. The third-order valence-corrected chi connectivity index (χ3v) is 6.25. The Morgan fingerprint density at radius 1 is 1.15 bits per heavy atom.